The van der Waals surface area contributed by atoms with Crippen LogP contribution in [0.2, 0.25) is 0 Å². The summed E-state index contributed by atoms with van der Waals surface area (Å²) in [5.41, 5.74) is 2.25. The summed E-state index contributed by atoms with van der Waals surface area (Å²) in [6.07, 6.45) is 8.78. The molecule has 0 amide bonds. The fourth-order valence-corrected chi connectivity index (χ4v) is 3.28. The van der Waals surface area contributed by atoms with E-state index >= 15 is 0 Å². The van der Waals surface area contributed by atoms with Crippen molar-refractivity contribution in [3.05, 3.63) is 23.8 Å². The fourth-order valence-electron chi connectivity index (χ4n) is 3.28. The van der Waals surface area contributed by atoms with Crippen LogP contribution in [0.5, 0.6) is 0 Å². The Morgan fingerprint density at radius 1 is 1.44 bits per heavy atom. The molecule has 16 heavy (non-hydrogen) atoms. The van der Waals surface area contributed by atoms with E-state index in [0.29, 0.717) is 6.61 Å². The van der Waals surface area contributed by atoms with E-state index in [1.807, 2.05) is 6.08 Å². The van der Waals surface area contributed by atoms with E-state index in [1.165, 1.54) is 19.3 Å². The van der Waals surface area contributed by atoms with Gasteiger partial charge in [-0.15, -0.1) is 0 Å². The Hall–Kier alpha value is -0.600. The molecule has 2 aliphatic rings. The van der Waals surface area contributed by atoms with Crippen LogP contribution in [0, 0.1) is 5.41 Å². The highest BCUT2D eigenvalue weighted by atomic mass is 16.5. The topological polar surface area (TPSA) is 29.5 Å². The van der Waals surface area contributed by atoms with Crippen molar-refractivity contribution < 1.29 is 9.84 Å². The van der Waals surface area contributed by atoms with Crippen LogP contribution in [0.25, 0.3) is 0 Å². The molecule has 90 valence electrons. The minimum Gasteiger partial charge on any atom is -0.388 e. The van der Waals surface area contributed by atoms with Crippen molar-refractivity contribution in [2.24, 2.45) is 5.41 Å². The molecule has 1 spiro atoms. The number of hydrogen-bond acceptors (Lipinski definition) is 2. The summed E-state index contributed by atoms with van der Waals surface area (Å²) in [5, 5.41) is 10.5. The van der Waals surface area contributed by atoms with E-state index in [-0.39, 0.29) is 11.5 Å². The first kappa shape index (κ1) is 11.9. The van der Waals surface area contributed by atoms with E-state index < -0.39 is 0 Å². The molecule has 2 nitrogen and oxygen atoms in total. The van der Waals surface area contributed by atoms with Crippen molar-refractivity contribution in [3.8, 4) is 0 Å². The van der Waals surface area contributed by atoms with Crippen molar-refractivity contribution >= 4 is 0 Å². The molecule has 2 aliphatic carbocycles. The maximum atomic E-state index is 10.5. The predicted octanol–water partition coefficient (Wildman–Crippen LogP) is 2.83. The lowest BCUT2D eigenvalue weighted by Crippen LogP contribution is -2.32. The zero-order valence-electron chi connectivity index (χ0n) is 10.2. The molecule has 0 radical (unpaired) electrons. The molecule has 2 saturated carbocycles. The minimum absolute atomic E-state index is 0.106. The lowest BCUT2D eigenvalue weighted by Gasteiger charge is -2.36. The van der Waals surface area contributed by atoms with Crippen molar-refractivity contribution in [3.63, 3.8) is 0 Å². The monoisotopic (exact) mass is 222 g/mol. The summed E-state index contributed by atoms with van der Waals surface area (Å²) >= 11 is 0. The second-order valence-corrected chi connectivity index (χ2v) is 5.22. The van der Waals surface area contributed by atoms with E-state index in [0.717, 1.165) is 30.4 Å². The quantitative estimate of drug-likeness (QED) is 0.778. The Morgan fingerprint density at radius 3 is 2.75 bits per heavy atom. The molecule has 0 aliphatic heterocycles. The molecule has 0 aromatic carbocycles. The van der Waals surface area contributed by atoms with E-state index in [2.05, 4.69) is 6.58 Å². The molecular weight excluding hydrogens is 200 g/mol. The summed E-state index contributed by atoms with van der Waals surface area (Å²) < 4.78 is 5.05. The Labute approximate surface area is 98.0 Å². The van der Waals surface area contributed by atoms with Gasteiger partial charge in [-0.3, -0.25) is 0 Å². The third kappa shape index (κ3) is 1.96. The van der Waals surface area contributed by atoms with Crippen LogP contribution in [0.1, 0.15) is 38.5 Å². The van der Waals surface area contributed by atoms with Crippen molar-refractivity contribution in [2.45, 2.75) is 44.6 Å². The molecule has 1 unspecified atom stereocenters. The number of aliphatic hydroxyl groups is 1. The van der Waals surface area contributed by atoms with Gasteiger partial charge in [-0.25, -0.2) is 0 Å². The zero-order valence-corrected chi connectivity index (χ0v) is 10.2. The third-order valence-corrected chi connectivity index (χ3v) is 4.17. The molecule has 2 fully saturated rings. The number of rotatable bonds is 2. The van der Waals surface area contributed by atoms with Crippen LogP contribution >= 0.6 is 0 Å². The van der Waals surface area contributed by atoms with Crippen LogP contribution in [0.3, 0.4) is 0 Å². The Kier molecular flexibility index (Phi) is 3.50. The van der Waals surface area contributed by atoms with Gasteiger partial charge in [0.25, 0.3) is 0 Å². The maximum absolute atomic E-state index is 10.5. The highest BCUT2D eigenvalue weighted by Gasteiger charge is 2.46. The Balaban J connectivity index is 2.17. The smallest absolute Gasteiger partial charge is 0.0849 e. The normalized spacial score (nSPS) is 31.5. The van der Waals surface area contributed by atoms with Gasteiger partial charge in [0.2, 0.25) is 0 Å². The minimum atomic E-state index is -0.310. The van der Waals surface area contributed by atoms with Crippen molar-refractivity contribution in [2.75, 3.05) is 13.7 Å². The van der Waals surface area contributed by atoms with Gasteiger partial charge < -0.3 is 9.84 Å². The molecule has 0 aromatic heterocycles. The highest BCUT2D eigenvalue weighted by molar-refractivity contribution is 5.41. The zero-order chi connectivity index (χ0) is 11.6. The molecule has 0 bridgehead atoms. The van der Waals surface area contributed by atoms with E-state index in [9.17, 15) is 5.11 Å². The molecular formula is C14H22O2. The summed E-state index contributed by atoms with van der Waals surface area (Å²) in [7, 11) is 1.68. The van der Waals surface area contributed by atoms with Crippen molar-refractivity contribution in [1.29, 1.82) is 0 Å². The van der Waals surface area contributed by atoms with Crippen LogP contribution in [-0.4, -0.2) is 24.9 Å². The average Bonchev–Trinajstić information content (AvgIpc) is 2.50. The lowest BCUT2D eigenvalue weighted by molar-refractivity contribution is 0.0417. The standard InChI is InChI=1S/C14H22O2/c1-11-10-14(7-4-3-5-8-14)13(15)12(11)6-9-16-2/h6,13,15H,1,3-5,7-10H2,2H3/b12-6+. The van der Waals surface area contributed by atoms with Crippen LogP contribution in [0.4, 0.5) is 0 Å². The van der Waals surface area contributed by atoms with Crippen LogP contribution < -0.4 is 0 Å². The van der Waals surface area contributed by atoms with Crippen LogP contribution in [0.15, 0.2) is 23.8 Å². The SMILES string of the molecule is C=C1CC2(CCCCC2)C(O)/C1=C/COC. The summed E-state index contributed by atoms with van der Waals surface area (Å²) in [6, 6.07) is 0. The van der Waals surface area contributed by atoms with Crippen molar-refractivity contribution in [1.82, 2.24) is 0 Å². The molecule has 0 saturated heterocycles. The second kappa shape index (κ2) is 4.72. The van der Waals surface area contributed by atoms with Crippen LogP contribution in [-0.2, 0) is 4.74 Å². The summed E-state index contributed by atoms with van der Waals surface area (Å²) in [4.78, 5) is 0. The summed E-state index contributed by atoms with van der Waals surface area (Å²) in [6.45, 7) is 4.68. The van der Waals surface area contributed by atoms with Gasteiger partial charge in [0.05, 0.1) is 12.7 Å². The van der Waals surface area contributed by atoms with Gasteiger partial charge in [-0.1, -0.05) is 31.9 Å². The highest BCUT2D eigenvalue weighted by Crippen LogP contribution is 2.52. The van der Waals surface area contributed by atoms with E-state index in [4.69, 9.17) is 4.74 Å². The molecule has 2 rings (SSSR count). The number of methoxy groups -OCH3 is 1. The van der Waals surface area contributed by atoms with Gasteiger partial charge in [0.15, 0.2) is 0 Å². The molecule has 1 atom stereocenters. The maximum Gasteiger partial charge on any atom is 0.0849 e. The first-order chi connectivity index (χ1) is 7.69. The number of aliphatic hydroxyl groups excluding tert-OH is 1. The first-order valence-electron chi connectivity index (χ1n) is 6.25. The summed E-state index contributed by atoms with van der Waals surface area (Å²) in [5.74, 6) is 0. The second-order valence-electron chi connectivity index (χ2n) is 5.22. The molecule has 0 aromatic rings. The van der Waals surface area contributed by atoms with Gasteiger partial charge in [-0.05, 0) is 30.4 Å². The van der Waals surface area contributed by atoms with Gasteiger partial charge in [0.1, 0.15) is 0 Å². The Bertz CT molecular complexity index is 298. The largest absolute Gasteiger partial charge is 0.388 e. The van der Waals surface area contributed by atoms with Gasteiger partial charge in [-0.2, -0.15) is 0 Å². The molecule has 2 heteroatoms. The van der Waals surface area contributed by atoms with Gasteiger partial charge in [0, 0.05) is 12.5 Å². The first-order valence-corrected chi connectivity index (χ1v) is 6.25. The third-order valence-electron chi connectivity index (χ3n) is 4.17. The lowest BCUT2D eigenvalue weighted by atomic mass is 9.71. The number of ether oxygens (including phenoxy) is 1. The number of hydrogen-bond donors (Lipinski definition) is 1. The van der Waals surface area contributed by atoms with E-state index in [1.54, 1.807) is 7.11 Å². The molecule has 1 N–H and O–H groups in total. The molecule has 0 heterocycles. The fraction of sp³-hybridized carbons (Fsp3) is 0.714. The Morgan fingerprint density at radius 2 is 2.12 bits per heavy atom. The van der Waals surface area contributed by atoms with Gasteiger partial charge >= 0.3 is 0 Å². The average molecular weight is 222 g/mol. The predicted molar refractivity (Wildman–Crippen MR) is 65.2 cm³/mol.